The van der Waals surface area contributed by atoms with Crippen molar-refractivity contribution in [3.63, 3.8) is 0 Å². The van der Waals surface area contributed by atoms with Gasteiger partial charge in [-0.3, -0.25) is 9.10 Å². The van der Waals surface area contributed by atoms with Crippen LogP contribution in [-0.4, -0.2) is 43.5 Å². The number of carboxylic acids is 2. The zero-order valence-electron chi connectivity index (χ0n) is 20.3. The Morgan fingerprint density at radius 3 is 2.00 bits per heavy atom. The molecule has 0 amide bonds. The van der Waals surface area contributed by atoms with Crippen LogP contribution in [0.2, 0.25) is 0 Å². The number of ether oxygens (including phenoxy) is 2. The molecule has 0 saturated heterocycles. The third kappa shape index (κ3) is 6.26. The molecule has 13 heteroatoms. The first kappa shape index (κ1) is 28.2. The van der Waals surface area contributed by atoms with Crippen LogP contribution in [0.25, 0.3) is 10.8 Å². The molecule has 40 heavy (non-hydrogen) atoms. The summed E-state index contributed by atoms with van der Waals surface area (Å²) in [5.41, 5.74) is 0.281. The third-order valence-electron chi connectivity index (χ3n) is 5.63. The molecule has 0 heterocycles. The number of carboxylic acid groups (broad SMARTS) is 2. The van der Waals surface area contributed by atoms with Crippen LogP contribution in [0.15, 0.2) is 95.9 Å². The lowest BCUT2D eigenvalue weighted by molar-refractivity contribution is -0.274. The molecule has 9 nitrogen and oxygen atoms in total. The standard InChI is InChI=1S/C27H20F3NO8S/c28-27(29,30)39-18-10-12-19(13-11-18)40(36,37)31(16-24(32)33)22-14-15-23(21-9-5-4-8-20(21)22)38-25(26(34)35)17-6-2-1-3-7-17/h1-15,25H,16H2,(H,32,33)(H,34,35). The first-order valence-electron chi connectivity index (χ1n) is 11.4. The summed E-state index contributed by atoms with van der Waals surface area (Å²) in [7, 11) is -4.61. The molecule has 1 unspecified atom stereocenters. The van der Waals surface area contributed by atoms with Gasteiger partial charge in [0.1, 0.15) is 18.0 Å². The molecule has 0 aliphatic heterocycles. The summed E-state index contributed by atoms with van der Waals surface area (Å²) < 4.78 is 74.8. The lowest BCUT2D eigenvalue weighted by Crippen LogP contribution is -2.36. The van der Waals surface area contributed by atoms with E-state index in [-0.39, 0.29) is 16.8 Å². The number of benzene rings is 4. The van der Waals surface area contributed by atoms with E-state index in [2.05, 4.69) is 4.74 Å². The van der Waals surface area contributed by atoms with E-state index in [1.807, 2.05) is 0 Å². The molecule has 0 bridgehead atoms. The number of sulfonamides is 1. The molecule has 1 atom stereocenters. The van der Waals surface area contributed by atoms with Crippen LogP contribution in [-0.2, 0) is 19.6 Å². The first-order valence-corrected chi connectivity index (χ1v) is 12.9. The maximum Gasteiger partial charge on any atom is 0.573 e. The average molecular weight is 576 g/mol. The molecule has 0 radical (unpaired) electrons. The average Bonchev–Trinajstić information content (AvgIpc) is 2.90. The Kier molecular flexibility index (Phi) is 7.86. The van der Waals surface area contributed by atoms with Gasteiger partial charge in [0.15, 0.2) is 0 Å². The Hall–Kier alpha value is -4.78. The van der Waals surface area contributed by atoms with Gasteiger partial charge < -0.3 is 19.7 Å². The Balaban J connectivity index is 1.78. The van der Waals surface area contributed by atoms with Crippen molar-refractivity contribution in [2.45, 2.75) is 17.4 Å². The highest BCUT2D eigenvalue weighted by atomic mass is 32.2. The molecular formula is C27H20F3NO8S. The minimum absolute atomic E-state index is 0.0763. The van der Waals surface area contributed by atoms with Gasteiger partial charge in [-0.25, -0.2) is 13.2 Å². The van der Waals surface area contributed by atoms with Crippen LogP contribution in [0.4, 0.5) is 18.9 Å². The summed E-state index contributed by atoms with van der Waals surface area (Å²) in [5.74, 6) is -3.33. The fourth-order valence-corrected chi connectivity index (χ4v) is 5.39. The summed E-state index contributed by atoms with van der Waals surface area (Å²) in [6.07, 6.45) is -6.38. The maximum atomic E-state index is 13.5. The zero-order chi connectivity index (χ0) is 29.1. The van der Waals surface area contributed by atoms with E-state index < -0.39 is 51.6 Å². The Morgan fingerprint density at radius 2 is 1.43 bits per heavy atom. The molecule has 4 rings (SSSR count). The predicted molar refractivity (Wildman–Crippen MR) is 137 cm³/mol. The van der Waals surface area contributed by atoms with E-state index in [0.717, 1.165) is 24.3 Å². The van der Waals surface area contributed by atoms with E-state index in [0.29, 0.717) is 15.3 Å². The number of rotatable bonds is 10. The van der Waals surface area contributed by atoms with Gasteiger partial charge in [0.05, 0.1) is 10.6 Å². The van der Waals surface area contributed by atoms with Crippen molar-refractivity contribution in [2.75, 3.05) is 10.8 Å². The van der Waals surface area contributed by atoms with E-state index in [4.69, 9.17) is 4.74 Å². The molecule has 4 aromatic rings. The van der Waals surface area contributed by atoms with Crippen molar-refractivity contribution in [3.8, 4) is 11.5 Å². The van der Waals surface area contributed by atoms with Gasteiger partial charge >= 0.3 is 18.3 Å². The quantitative estimate of drug-likeness (QED) is 0.263. The Morgan fingerprint density at radius 1 is 0.825 bits per heavy atom. The van der Waals surface area contributed by atoms with Gasteiger partial charge in [0.25, 0.3) is 10.0 Å². The van der Waals surface area contributed by atoms with Gasteiger partial charge in [0, 0.05) is 16.3 Å². The van der Waals surface area contributed by atoms with Gasteiger partial charge in [-0.05, 0) is 36.4 Å². The number of carbonyl (C=O) groups is 2. The van der Waals surface area contributed by atoms with Gasteiger partial charge in [-0.2, -0.15) is 0 Å². The summed E-state index contributed by atoms with van der Waals surface area (Å²) >= 11 is 0. The van der Waals surface area contributed by atoms with Crippen LogP contribution in [0.5, 0.6) is 11.5 Å². The van der Waals surface area contributed by atoms with Crippen molar-refractivity contribution in [3.05, 3.63) is 96.6 Å². The van der Waals surface area contributed by atoms with E-state index in [1.165, 1.54) is 18.2 Å². The molecule has 0 aromatic heterocycles. The second-order valence-corrected chi connectivity index (χ2v) is 10.2. The number of anilines is 1. The monoisotopic (exact) mass is 575 g/mol. The fraction of sp³-hybridized carbons (Fsp3) is 0.111. The lowest BCUT2D eigenvalue weighted by atomic mass is 10.1. The van der Waals surface area contributed by atoms with E-state index in [9.17, 15) is 41.4 Å². The molecule has 2 N–H and O–H groups in total. The van der Waals surface area contributed by atoms with Crippen LogP contribution in [0.1, 0.15) is 11.7 Å². The Labute approximate surface area is 225 Å². The van der Waals surface area contributed by atoms with Crippen LogP contribution in [0.3, 0.4) is 0 Å². The van der Waals surface area contributed by atoms with E-state index in [1.54, 1.807) is 48.5 Å². The highest BCUT2D eigenvalue weighted by Gasteiger charge is 2.33. The normalized spacial score (nSPS) is 12.5. The minimum atomic E-state index is -4.99. The second kappa shape index (κ2) is 11.1. The summed E-state index contributed by atoms with van der Waals surface area (Å²) in [6, 6.07) is 20.3. The van der Waals surface area contributed by atoms with Gasteiger partial charge in [0.2, 0.25) is 6.10 Å². The maximum absolute atomic E-state index is 13.5. The van der Waals surface area contributed by atoms with Crippen LogP contribution in [0, 0.1) is 0 Å². The van der Waals surface area contributed by atoms with Crippen molar-refractivity contribution in [2.24, 2.45) is 0 Å². The Bertz CT molecular complexity index is 1640. The first-order chi connectivity index (χ1) is 18.9. The number of hydrogen-bond acceptors (Lipinski definition) is 6. The summed E-state index contributed by atoms with van der Waals surface area (Å²) in [4.78, 5) is 23.2. The summed E-state index contributed by atoms with van der Waals surface area (Å²) in [6.45, 7) is -1.02. The smallest absolute Gasteiger partial charge is 0.480 e. The molecule has 0 spiro atoms. The van der Waals surface area contributed by atoms with Crippen molar-refractivity contribution in [1.82, 2.24) is 0 Å². The van der Waals surface area contributed by atoms with Crippen LogP contribution < -0.4 is 13.8 Å². The molecular weight excluding hydrogens is 555 g/mol. The predicted octanol–water partition coefficient (Wildman–Crippen LogP) is 5.22. The van der Waals surface area contributed by atoms with Gasteiger partial charge in [-0.15, -0.1) is 13.2 Å². The number of hydrogen-bond donors (Lipinski definition) is 2. The zero-order valence-corrected chi connectivity index (χ0v) is 21.1. The summed E-state index contributed by atoms with van der Waals surface area (Å²) in [5, 5.41) is 19.8. The molecule has 0 saturated carbocycles. The third-order valence-corrected chi connectivity index (χ3v) is 7.40. The lowest BCUT2D eigenvalue weighted by Gasteiger charge is -2.25. The van der Waals surface area contributed by atoms with Crippen molar-refractivity contribution >= 4 is 38.4 Å². The molecule has 208 valence electrons. The van der Waals surface area contributed by atoms with Crippen LogP contribution >= 0.6 is 0 Å². The number of alkyl halides is 3. The van der Waals surface area contributed by atoms with Crippen molar-refractivity contribution in [1.29, 1.82) is 0 Å². The second-order valence-electron chi connectivity index (χ2n) is 8.30. The largest absolute Gasteiger partial charge is 0.573 e. The number of fused-ring (bicyclic) bond motifs is 1. The number of nitrogens with zero attached hydrogens (tertiary/aromatic N) is 1. The molecule has 4 aromatic carbocycles. The number of aliphatic carboxylic acids is 2. The SMILES string of the molecule is O=C(O)CN(c1ccc(OC(C(=O)O)c2ccccc2)c2ccccc12)S(=O)(=O)c1ccc(OC(F)(F)F)cc1. The molecule has 0 fully saturated rings. The van der Waals surface area contributed by atoms with Gasteiger partial charge in [-0.1, -0.05) is 54.6 Å². The molecule has 0 aliphatic carbocycles. The molecule has 0 aliphatic rings. The highest BCUT2D eigenvalue weighted by Crippen LogP contribution is 2.38. The highest BCUT2D eigenvalue weighted by molar-refractivity contribution is 7.92. The number of halogens is 3. The topological polar surface area (TPSA) is 130 Å². The minimum Gasteiger partial charge on any atom is -0.480 e. The van der Waals surface area contributed by atoms with Crippen molar-refractivity contribution < 1.29 is 50.9 Å². The van der Waals surface area contributed by atoms with E-state index >= 15 is 0 Å². The fourth-order valence-electron chi connectivity index (χ4n) is 3.95.